The molecule has 1 aliphatic heterocycles. The van der Waals surface area contributed by atoms with Crippen molar-refractivity contribution in [3.05, 3.63) is 26.3 Å². The van der Waals surface area contributed by atoms with Crippen LogP contribution in [-0.4, -0.2) is 47.4 Å². The number of benzene rings is 1. The van der Waals surface area contributed by atoms with E-state index < -0.39 is 17.6 Å². The van der Waals surface area contributed by atoms with Gasteiger partial charge in [0.2, 0.25) is 5.91 Å². The summed E-state index contributed by atoms with van der Waals surface area (Å²) in [4.78, 5) is 41.2. The lowest BCUT2D eigenvalue weighted by Gasteiger charge is -2.36. The molecule has 0 aliphatic carbocycles. The molecule has 148 valence electrons. The fourth-order valence-electron chi connectivity index (χ4n) is 3.16. The van der Waals surface area contributed by atoms with Crippen molar-refractivity contribution in [2.24, 2.45) is 0 Å². The zero-order valence-corrected chi connectivity index (χ0v) is 19.1. The second kappa shape index (κ2) is 8.34. The summed E-state index contributed by atoms with van der Waals surface area (Å²) in [5.41, 5.74) is 0.219. The van der Waals surface area contributed by atoms with E-state index >= 15 is 0 Å². The summed E-state index contributed by atoms with van der Waals surface area (Å²) in [6.45, 7) is 9.29. The molecule has 0 saturated carbocycles. The zero-order chi connectivity index (χ0) is 20.5. The molecule has 1 heterocycles. The van der Waals surface area contributed by atoms with Crippen molar-refractivity contribution in [1.29, 1.82) is 0 Å². The molecule has 2 amide bonds. The number of amides is 2. The number of fused-ring (bicyclic) bond motifs is 1. The van der Waals surface area contributed by atoms with Gasteiger partial charge in [-0.25, -0.2) is 0 Å². The minimum absolute atomic E-state index is 0.0232. The Morgan fingerprint density at radius 2 is 1.96 bits per heavy atom. The summed E-state index contributed by atoms with van der Waals surface area (Å²) in [5.74, 6) is -0.959. The van der Waals surface area contributed by atoms with Gasteiger partial charge in [0.15, 0.2) is 0 Å². The maximum Gasteiger partial charge on any atom is 0.307 e. The molecule has 1 aliphatic rings. The number of anilines is 1. The van der Waals surface area contributed by atoms with Gasteiger partial charge in [-0.15, -0.1) is 0 Å². The van der Waals surface area contributed by atoms with E-state index in [1.165, 1.54) is 4.90 Å². The molecule has 1 atom stereocenters. The van der Waals surface area contributed by atoms with Gasteiger partial charge < -0.3 is 14.5 Å². The van der Waals surface area contributed by atoms with Crippen LogP contribution in [0, 0.1) is 3.57 Å². The average Bonchev–Trinajstić information content (AvgIpc) is 2.63. The second-order valence-electron chi connectivity index (χ2n) is 7.47. The monoisotopic (exact) mass is 506 g/mol. The van der Waals surface area contributed by atoms with Crippen LogP contribution >= 0.6 is 34.2 Å². The molecule has 0 fully saturated rings. The van der Waals surface area contributed by atoms with Crippen LogP contribution in [0.15, 0.2) is 12.1 Å². The molecule has 1 aromatic carbocycles. The summed E-state index contributed by atoms with van der Waals surface area (Å²) in [7, 11) is 0. The summed E-state index contributed by atoms with van der Waals surface area (Å²) in [6.07, 6.45) is 0.0232. The second-order valence-corrected chi connectivity index (χ2v) is 9.13. The molecule has 0 N–H and O–H groups in total. The molecule has 1 aromatic rings. The van der Waals surface area contributed by atoms with Crippen molar-refractivity contribution in [2.75, 3.05) is 18.1 Å². The first-order valence-corrected chi connectivity index (χ1v) is 10.2. The summed E-state index contributed by atoms with van der Waals surface area (Å²) >= 11 is 8.55. The summed E-state index contributed by atoms with van der Waals surface area (Å²) in [6, 6.07) is 2.98. The largest absolute Gasteiger partial charge is 0.466 e. The molecule has 27 heavy (non-hydrogen) atoms. The standard InChI is InChI=1S/C19H24ClIN2O4/c1-6-27-16(25)7-11(2)22-10-15(24)23(19(3,4)5)17-13(18(22)26)8-12(21)9-14(17)20/h8-9,11H,6-7,10H2,1-5H3/t11-/m0/s1. The molecule has 0 aromatic heterocycles. The molecule has 8 heteroatoms. The molecule has 0 saturated heterocycles. The normalized spacial score (nSPS) is 16.1. The highest BCUT2D eigenvalue weighted by Gasteiger charge is 2.40. The highest BCUT2D eigenvalue weighted by atomic mass is 127. The number of halogens is 2. The van der Waals surface area contributed by atoms with Crippen molar-refractivity contribution in [1.82, 2.24) is 4.90 Å². The number of esters is 1. The van der Waals surface area contributed by atoms with Gasteiger partial charge in [0.1, 0.15) is 6.54 Å². The Hall–Kier alpha value is -1.35. The quantitative estimate of drug-likeness (QED) is 0.459. The molecule has 0 radical (unpaired) electrons. The average molecular weight is 507 g/mol. The van der Waals surface area contributed by atoms with Crippen LogP contribution in [-0.2, 0) is 14.3 Å². The van der Waals surface area contributed by atoms with Crippen molar-refractivity contribution >= 4 is 57.7 Å². The first-order valence-electron chi connectivity index (χ1n) is 8.76. The maximum atomic E-state index is 13.3. The van der Waals surface area contributed by atoms with E-state index in [-0.39, 0.29) is 31.4 Å². The number of hydrogen-bond acceptors (Lipinski definition) is 4. The van der Waals surface area contributed by atoms with Gasteiger partial charge in [0, 0.05) is 15.2 Å². The van der Waals surface area contributed by atoms with Crippen molar-refractivity contribution in [3.8, 4) is 0 Å². The van der Waals surface area contributed by atoms with E-state index in [1.54, 1.807) is 30.9 Å². The van der Waals surface area contributed by atoms with Crippen molar-refractivity contribution < 1.29 is 19.1 Å². The molecule has 0 bridgehead atoms. The third kappa shape index (κ3) is 4.74. The predicted molar refractivity (Wildman–Crippen MR) is 113 cm³/mol. The fourth-order valence-corrected chi connectivity index (χ4v) is 4.27. The highest BCUT2D eigenvalue weighted by molar-refractivity contribution is 14.1. The van der Waals surface area contributed by atoms with Crippen molar-refractivity contribution in [2.45, 2.75) is 52.6 Å². The fraction of sp³-hybridized carbons (Fsp3) is 0.526. The van der Waals surface area contributed by atoms with E-state index in [0.29, 0.717) is 16.3 Å². The van der Waals surface area contributed by atoms with Gasteiger partial charge >= 0.3 is 5.97 Å². The Bertz CT molecular complexity index is 776. The molecular weight excluding hydrogens is 483 g/mol. The van der Waals surface area contributed by atoms with Gasteiger partial charge in [-0.2, -0.15) is 0 Å². The number of nitrogens with zero attached hydrogens (tertiary/aromatic N) is 2. The van der Waals surface area contributed by atoms with E-state index in [1.807, 2.05) is 20.8 Å². The van der Waals surface area contributed by atoms with Crippen LogP contribution in [0.4, 0.5) is 5.69 Å². The number of carbonyl (C=O) groups is 3. The van der Waals surface area contributed by atoms with Gasteiger partial charge in [0.05, 0.1) is 29.3 Å². The van der Waals surface area contributed by atoms with E-state index in [9.17, 15) is 14.4 Å². The topological polar surface area (TPSA) is 66.9 Å². The van der Waals surface area contributed by atoms with Gasteiger partial charge in [0.25, 0.3) is 5.91 Å². The molecule has 0 spiro atoms. The minimum Gasteiger partial charge on any atom is -0.466 e. The van der Waals surface area contributed by atoms with E-state index in [0.717, 1.165) is 3.57 Å². The molecule has 6 nitrogen and oxygen atoms in total. The van der Waals surface area contributed by atoms with Gasteiger partial charge in [-0.1, -0.05) is 11.6 Å². The Morgan fingerprint density at radius 1 is 1.33 bits per heavy atom. The maximum absolute atomic E-state index is 13.3. The zero-order valence-electron chi connectivity index (χ0n) is 16.1. The SMILES string of the molecule is CCOC(=O)C[C@H](C)N1CC(=O)N(C(C)(C)C)c2c(Cl)cc(I)cc2C1=O. The third-order valence-corrected chi connectivity index (χ3v) is 5.18. The van der Waals surface area contributed by atoms with Gasteiger partial charge in [-0.05, 0) is 69.3 Å². The van der Waals surface area contributed by atoms with E-state index in [4.69, 9.17) is 16.3 Å². The summed E-state index contributed by atoms with van der Waals surface area (Å²) < 4.78 is 5.78. The molecular formula is C19H24ClIN2O4. The van der Waals surface area contributed by atoms with Crippen LogP contribution in [0.3, 0.4) is 0 Å². The number of ether oxygens (including phenoxy) is 1. The van der Waals surface area contributed by atoms with Crippen molar-refractivity contribution in [3.63, 3.8) is 0 Å². The van der Waals surface area contributed by atoms with Crippen LogP contribution in [0.1, 0.15) is 51.4 Å². The Morgan fingerprint density at radius 3 is 2.52 bits per heavy atom. The highest BCUT2D eigenvalue weighted by Crippen LogP contribution is 2.39. The van der Waals surface area contributed by atoms with Crippen LogP contribution in [0.5, 0.6) is 0 Å². The Labute approximate surface area is 178 Å². The lowest BCUT2D eigenvalue weighted by Crippen LogP contribution is -2.50. The Kier molecular flexibility index (Phi) is 6.78. The van der Waals surface area contributed by atoms with Crippen LogP contribution < -0.4 is 4.90 Å². The van der Waals surface area contributed by atoms with E-state index in [2.05, 4.69) is 22.6 Å². The smallest absolute Gasteiger partial charge is 0.307 e. The lowest BCUT2D eigenvalue weighted by molar-refractivity contribution is -0.144. The van der Waals surface area contributed by atoms with Crippen LogP contribution in [0.2, 0.25) is 5.02 Å². The molecule has 2 rings (SSSR count). The van der Waals surface area contributed by atoms with Crippen LogP contribution in [0.25, 0.3) is 0 Å². The summed E-state index contributed by atoms with van der Waals surface area (Å²) in [5, 5.41) is 0.355. The number of hydrogen-bond donors (Lipinski definition) is 0. The number of rotatable bonds is 4. The first kappa shape index (κ1) is 21.9. The Balaban J connectivity index is 2.55. The predicted octanol–water partition coefficient (Wildman–Crippen LogP) is 3.87. The molecule has 0 unspecified atom stereocenters. The van der Waals surface area contributed by atoms with Gasteiger partial charge in [-0.3, -0.25) is 14.4 Å². The number of carbonyl (C=O) groups excluding carboxylic acids is 3. The third-order valence-electron chi connectivity index (χ3n) is 4.27. The first-order chi connectivity index (χ1) is 12.5. The lowest BCUT2D eigenvalue weighted by atomic mass is 10.0. The minimum atomic E-state index is -0.567.